The van der Waals surface area contributed by atoms with E-state index in [1.54, 1.807) is 13.8 Å². The zero-order valence-electron chi connectivity index (χ0n) is 10.8. The van der Waals surface area contributed by atoms with Crippen LogP contribution in [-0.4, -0.2) is 12.5 Å². The smallest absolute Gasteiger partial charge is 0.224 e. The van der Waals surface area contributed by atoms with Crippen molar-refractivity contribution >= 4 is 5.91 Å². The lowest BCUT2D eigenvalue weighted by Gasteiger charge is -2.20. The summed E-state index contributed by atoms with van der Waals surface area (Å²) in [4.78, 5) is 11.9. The molecule has 0 aliphatic heterocycles. The Kier molecular flexibility index (Phi) is 5.34. The molecular formula is C14H19N3O. The molecule has 0 aromatic heterocycles. The van der Waals surface area contributed by atoms with Crippen LogP contribution in [0.4, 0.5) is 0 Å². The molecule has 0 saturated carbocycles. The minimum Gasteiger partial charge on any atom is -0.355 e. The maximum absolute atomic E-state index is 11.9. The van der Waals surface area contributed by atoms with Gasteiger partial charge in [-0.2, -0.15) is 5.26 Å². The highest BCUT2D eigenvalue weighted by molar-refractivity contribution is 5.79. The Balaban J connectivity index is 2.56. The largest absolute Gasteiger partial charge is 0.355 e. The van der Waals surface area contributed by atoms with Crippen LogP contribution < -0.4 is 11.1 Å². The Hall–Kier alpha value is -1.86. The molecule has 1 aromatic rings. The second kappa shape index (κ2) is 6.77. The van der Waals surface area contributed by atoms with Crippen LogP contribution in [0.3, 0.4) is 0 Å². The molecule has 1 aromatic carbocycles. The van der Waals surface area contributed by atoms with Crippen molar-refractivity contribution in [2.45, 2.75) is 19.9 Å². The van der Waals surface area contributed by atoms with Gasteiger partial charge in [0.05, 0.1) is 17.9 Å². The third-order valence-electron chi connectivity index (χ3n) is 2.94. The summed E-state index contributed by atoms with van der Waals surface area (Å²) in [5.41, 5.74) is 6.99. The summed E-state index contributed by atoms with van der Waals surface area (Å²) in [6, 6.07) is 11.3. The zero-order valence-corrected chi connectivity index (χ0v) is 10.8. The molecule has 0 fully saturated rings. The Labute approximate surface area is 108 Å². The molecule has 0 heterocycles. The Morgan fingerprint density at radius 3 is 2.56 bits per heavy atom. The van der Waals surface area contributed by atoms with Gasteiger partial charge in [-0.1, -0.05) is 37.3 Å². The van der Waals surface area contributed by atoms with Crippen molar-refractivity contribution in [3.63, 3.8) is 0 Å². The van der Waals surface area contributed by atoms with Gasteiger partial charge in [0.1, 0.15) is 0 Å². The van der Waals surface area contributed by atoms with E-state index >= 15 is 0 Å². The second-order valence-electron chi connectivity index (χ2n) is 4.50. The molecule has 0 aliphatic rings. The van der Waals surface area contributed by atoms with Gasteiger partial charge >= 0.3 is 0 Å². The van der Waals surface area contributed by atoms with Crippen LogP contribution in [0.2, 0.25) is 0 Å². The van der Waals surface area contributed by atoms with Crippen molar-refractivity contribution in [1.29, 1.82) is 5.26 Å². The minimum atomic E-state index is -0.330. The quantitative estimate of drug-likeness (QED) is 0.827. The topological polar surface area (TPSA) is 78.9 Å². The van der Waals surface area contributed by atoms with Crippen molar-refractivity contribution < 1.29 is 4.79 Å². The van der Waals surface area contributed by atoms with E-state index in [9.17, 15) is 4.79 Å². The molecule has 3 unspecified atom stereocenters. The average molecular weight is 245 g/mol. The van der Waals surface area contributed by atoms with E-state index in [0.29, 0.717) is 6.54 Å². The SMILES string of the molecule is CC(C#N)CNC(=O)C(C)C(N)c1ccccc1. The first-order chi connectivity index (χ1) is 8.56. The molecule has 0 radical (unpaired) electrons. The third-order valence-corrected chi connectivity index (χ3v) is 2.94. The average Bonchev–Trinajstić information content (AvgIpc) is 2.43. The van der Waals surface area contributed by atoms with Crippen LogP contribution in [0.1, 0.15) is 25.5 Å². The fourth-order valence-electron chi connectivity index (χ4n) is 1.59. The van der Waals surface area contributed by atoms with E-state index in [1.807, 2.05) is 30.3 Å². The first-order valence-electron chi connectivity index (χ1n) is 6.04. The van der Waals surface area contributed by atoms with Gasteiger partial charge < -0.3 is 11.1 Å². The van der Waals surface area contributed by atoms with E-state index in [2.05, 4.69) is 11.4 Å². The number of hydrogen-bond acceptors (Lipinski definition) is 3. The summed E-state index contributed by atoms with van der Waals surface area (Å²) in [6.07, 6.45) is 0. The number of rotatable bonds is 5. The van der Waals surface area contributed by atoms with E-state index in [1.165, 1.54) is 0 Å². The lowest BCUT2D eigenvalue weighted by molar-refractivity contribution is -0.125. The van der Waals surface area contributed by atoms with Gasteiger partial charge in [0, 0.05) is 12.6 Å². The van der Waals surface area contributed by atoms with Gasteiger partial charge in [-0.05, 0) is 12.5 Å². The zero-order chi connectivity index (χ0) is 13.5. The van der Waals surface area contributed by atoms with E-state index < -0.39 is 0 Å². The molecule has 0 saturated heterocycles. The van der Waals surface area contributed by atoms with Gasteiger partial charge in [-0.15, -0.1) is 0 Å². The highest BCUT2D eigenvalue weighted by atomic mass is 16.1. The summed E-state index contributed by atoms with van der Waals surface area (Å²) >= 11 is 0. The number of amides is 1. The number of carbonyl (C=O) groups excluding carboxylic acids is 1. The molecule has 96 valence electrons. The van der Waals surface area contributed by atoms with Crippen LogP contribution in [0.15, 0.2) is 30.3 Å². The van der Waals surface area contributed by atoms with E-state index in [-0.39, 0.29) is 23.8 Å². The summed E-state index contributed by atoms with van der Waals surface area (Å²) in [5.74, 6) is -0.624. The molecule has 3 atom stereocenters. The Bertz CT molecular complexity index is 424. The standard InChI is InChI=1S/C14H19N3O/c1-10(8-15)9-17-14(18)11(2)13(16)12-6-4-3-5-7-12/h3-7,10-11,13H,9,16H2,1-2H3,(H,17,18). The van der Waals surface area contributed by atoms with E-state index in [4.69, 9.17) is 11.0 Å². The van der Waals surface area contributed by atoms with Crippen molar-refractivity contribution in [3.8, 4) is 6.07 Å². The molecule has 0 spiro atoms. The van der Waals surface area contributed by atoms with Crippen molar-refractivity contribution in [1.82, 2.24) is 5.32 Å². The molecule has 0 aliphatic carbocycles. The third kappa shape index (κ3) is 3.86. The van der Waals surface area contributed by atoms with Crippen LogP contribution in [-0.2, 0) is 4.79 Å². The monoisotopic (exact) mass is 245 g/mol. The highest BCUT2D eigenvalue weighted by Crippen LogP contribution is 2.18. The lowest BCUT2D eigenvalue weighted by Crippen LogP contribution is -2.37. The predicted molar refractivity (Wildman–Crippen MR) is 70.3 cm³/mol. The van der Waals surface area contributed by atoms with E-state index in [0.717, 1.165) is 5.56 Å². The van der Waals surface area contributed by atoms with Crippen LogP contribution in [0.5, 0.6) is 0 Å². The van der Waals surface area contributed by atoms with Gasteiger partial charge in [0.15, 0.2) is 0 Å². The van der Waals surface area contributed by atoms with Crippen molar-refractivity contribution in [2.75, 3.05) is 6.54 Å². The number of hydrogen-bond donors (Lipinski definition) is 2. The van der Waals surface area contributed by atoms with Crippen LogP contribution in [0.25, 0.3) is 0 Å². The summed E-state index contributed by atoms with van der Waals surface area (Å²) in [6.45, 7) is 3.92. The van der Waals surface area contributed by atoms with Crippen LogP contribution >= 0.6 is 0 Å². The number of benzene rings is 1. The predicted octanol–water partition coefficient (Wildman–Crippen LogP) is 1.60. The molecule has 0 bridgehead atoms. The summed E-state index contributed by atoms with van der Waals surface area (Å²) < 4.78 is 0. The number of nitriles is 1. The fourth-order valence-corrected chi connectivity index (χ4v) is 1.59. The van der Waals surface area contributed by atoms with Gasteiger partial charge in [-0.25, -0.2) is 0 Å². The van der Waals surface area contributed by atoms with Gasteiger partial charge in [-0.3, -0.25) is 4.79 Å². The molecule has 3 N–H and O–H groups in total. The minimum absolute atomic E-state index is 0.117. The normalized spacial score (nSPS) is 15.2. The molecule has 1 rings (SSSR count). The molecular weight excluding hydrogens is 226 g/mol. The number of nitrogens with zero attached hydrogens (tertiary/aromatic N) is 1. The first kappa shape index (κ1) is 14.2. The second-order valence-corrected chi connectivity index (χ2v) is 4.50. The molecule has 1 amide bonds. The van der Waals surface area contributed by atoms with Crippen molar-refractivity contribution in [2.24, 2.45) is 17.6 Å². The molecule has 4 heteroatoms. The Morgan fingerprint density at radius 2 is 2.00 bits per heavy atom. The molecule has 4 nitrogen and oxygen atoms in total. The number of nitrogens with one attached hydrogen (secondary N) is 1. The summed E-state index contributed by atoms with van der Waals surface area (Å²) in [5, 5.41) is 11.4. The van der Waals surface area contributed by atoms with Crippen molar-refractivity contribution in [3.05, 3.63) is 35.9 Å². The van der Waals surface area contributed by atoms with Gasteiger partial charge in [0.25, 0.3) is 0 Å². The highest BCUT2D eigenvalue weighted by Gasteiger charge is 2.22. The Morgan fingerprint density at radius 1 is 1.39 bits per heavy atom. The maximum atomic E-state index is 11.9. The maximum Gasteiger partial charge on any atom is 0.224 e. The number of nitrogens with two attached hydrogens (primary N) is 1. The lowest BCUT2D eigenvalue weighted by atomic mass is 9.94. The first-order valence-corrected chi connectivity index (χ1v) is 6.04. The molecule has 18 heavy (non-hydrogen) atoms. The van der Waals surface area contributed by atoms with Crippen LogP contribution in [0, 0.1) is 23.2 Å². The summed E-state index contributed by atoms with van der Waals surface area (Å²) in [7, 11) is 0. The van der Waals surface area contributed by atoms with Gasteiger partial charge in [0.2, 0.25) is 5.91 Å². The fraction of sp³-hybridized carbons (Fsp3) is 0.429. The number of carbonyl (C=O) groups is 1.